The topological polar surface area (TPSA) is 67.6 Å². The molecule has 0 radical (unpaired) electrons. The SMILES string of the molecule is CC(C)c1noc(C(C)Sc2nc3ccc(Cl)cc3[nH]2)n1. The molecule has 1 unspecified atom stereocenters. The molecule has 7 heteroatoms. The number of hydrogen-bond acceptors (Lipinski definition) is 5. The van der Waals surface area contributed by atoms with E-state index in [9.17, 15) is 0 Å². The fourth-order valence-electron chi connectivity index (χ4n) is 1.88. The standard InChI is InChI=1S/C14H15ClN4OS/c1-7(2)12-18-13(20-19-12)8(3)21-14-16-10-5-4-9(15)6-11(10)17-14/h4-8H,1-3H3,(H,16,17). The third-order valence-electron chi connectivity index (χ3n) is 3.03. The normalized spacial score (nSPS) is 13.2. The fourth-order valence-corrected chi connectivity index (χ4v) is 2.90. The van der Waals surface area contributed by atoms with Gasteiger partial charge in [0.15, 0.2) is 11.0 Å². The van der Waals surface area contributed by atoms with Crippen LogP contribution in [0.1, 0.15) is 43.7 Å². The van der Waals surface area contributed by atoms with Crippen LogP contribution in [0.4, 0.5) is 0 Å². The Morgan fingerprint density at radius 1 is 1.24 bits per heavy atom. The van der Waals surface area contributed by atoms with Crippen LogP contribution in [-0.2, 0) is 0 Å². The van der Waals surface area contributed by atoms with Crippen molar-refractivity contribution in [3.63, 3.8) is 0 Å². The maximum Gasteiger partial charge on any atom is 0.239 e. The highest BCUT2D eigenvalue weighted by atomic mass is 35.5. The van der Waals surface area contributed by atoms with Crippen LogP contribution in [0.5, 0.6) is 0 Å². The van der Waals surface area contributed by atoms with E-state index in [1.165, 1.54) is 0 Å². The molecule has 3 rings (SSSR count). The van der Waals surface area contributed by atoms with Crippen LogP contribution in [-0.4, -0.2) is 20.1 Å². The van der Waals surface area contributed by atoms with Crippen molar-refractivity contribution in [3.05, 3.63) is 34.9 Å². The smallest absolute Gasteiger partial charge is 0.239 e. The van der Waals surface area contributed by atoms with Gasteiger partial charge in [-0.15, -0.1) is 0 Å². The van der Waals surface area contributed by atoms with E-state index in [1.807, 2.05) is 39.0 Å². The largest absolute Gasteiger partial charge is 0.338 e. The first kappa shape index (κ1) is 14.4. The molecule has 0 bridgehead atoms. The molecular weight excluding hydrogens is 308 g/mol. The van der Waals surface area contributed by atoms with E-state index in [4.69, 9.17) is 16.1 Å². The van der Waals surface area contributed by atoms with E-state index >= 15 is 0 Å². The summed E-state index contributed by atoms with van der Waals surface area (Å²) >= 11 is 7.52. The molecular formula is C14H15ClN4OS. The molecule has 0 saturated heterocycles. The van der Waals surface area contributed by atoms with Gasteiger partial charge in [0.1, 0.15) is 0 Å². The van der Waals surface area contributed by atoms with E-state index in [2.05, 4.69) is 20.1 Å². The van der Waals surface area contributed by atoms with Gasteiger partial charge in [-0.25, -0.2) is 4.98 Å². The number of fused-ring (bicyclic) bond motifs is 1. The molecule has 2 heterocycles. The van der Waals surface area contributed by atoms with Crippen LogP contribution in [0.15, 0.2) is 27.9 Å². The van der Waals surface area contributed by atoms with Crippen molar-refractivity contribution in [2.75, 3.05) is 0 Å². The average molecular weight is 323 g/mol. The lowest BCUT2D eigenvalue weighted by Gasteiger charge is -2.02. The molecule has 0 aliphatic rings. The van der Waals surface area contributed by atoms with Crippen LogP contribution in [0.3, 0.4) is 0 Å². The lowest BCUT2D eigenvalue weighted by molar-refractivity contribution is 0.373. The zero-order valence-electron chi connectivity index (χ0n) is 11.9. The lowest BCUT2D eigenvalue weighted by atomic mass is 10.2. The number of benzene rings is 1. The summed E-state index contributed by atoms with van der Waals surface area (Å²) in [5.41, 5.74) is 1.81. The number of nitrogens with zero attached hydrogens (tertiary/aromatic N) is 3. The summed E-state index contributed by atoms with van der Waals surface area (Å²) in [4.78, 5) is 12.2. The number of thioether (sulfide) groups is 1. The zero-order chi connectivity index (χ0) is 15.0. The second kappa shape index (κ2) is 5.69. The number of H-pyrrole nitrogens is 1. The fraction of sp³-hybridized carbons (Fsp3) is 0.357. The highest BCUT2D eigenvalue weighted by Gasteiger charge is 2.18. The lowest BCUT2D eigenvalue weighted by Crippen LogP contribution is -1.93. The number of aromatic amines is 1. The number of nitrogens with one attached hydrogen (secondary N) is 1. The Balaban J connectivity index is 1.80. The Kier molecular flexibility index (Phi) is 3.91. The third-order valence-corrected chi connectivity index (χ3v) is 4.24. The minimum atomic E-state index is 0.0287. The summed E-state index contributed by atoms with van der Waals surface area (Å²) in [6.45, 7) is 6.09. The van der Waals surface area contributed by atoms with Gasteiger partial charge >= 0.3 is 0 Å². The number of aromatic nitrogens is 4. The van der Waals surface area contributed by atoms with Gasteiger partial charge in [-0.3, -0.25) is 0 Å². The predicted octanol–water partition coefficient (Wildman–Crippen LogP) is 4.58. The molecule has 1 atom stereocenters. The zero-order valence-corrected chi connectivity index (χ0v) is 13.5. The third kappa shape index (κ3) is 3.06. The van der Waals surface area contributed by atoms with Gasteiger partial charge in [0.05, 0.1) is 16.3 Å². The molecule has 3 aromatic rings. The second-order valence-electron chi connectivity index (χ2n) is 5.11. The van der Waals surface area contributed by atoms with E-state index < -0.39 is 0 Å². The monoisotopic (exact) mass is 322 g/mol. The van der Waals surface area contributed by atoms with Gasteiger partial charge in [0.25, 0.3) is 0 Å². The quantitative estimate of drug-likeness (QED) is 0.712. The molecule has 1 N–H and O–H groups in total. The Morgan fingerprint density at radius 2 is 2.05 bits per heavy atom. The van der Waals surface area contributed by atoms with Crippen molar-refractivity contribution in [2.24, 2.45) is 0 Å². The highest BCUT2D eigenvalue weighted by Crippen LogP contribution is 2.33. The summed E-state index contributed by atoms with van der Waals surface area (Å²) in [5, 5.41) is 5.51. The average Bonchev–Trinajstić information content (AvgIpc) is 3.03. The summed E-state index contributed by atoms with van der Waals surface area (Å²) < 4.78 is 5.31. The van der Waals surface area contributed by atoms with Crippen LogP contribution in [0.2, 0.25) is 5.02 Å². The molecule has 2 aromatic heterocycles. The maximum atomic E-state index is 5.97. The molecule has 21 heavy (non-hydrogen) atoms. The summed E-state index contributed by atoms with van der Waals surface area (Å²) in [7, 11) is 0. The van der Waals surface area contributed by atoms with Crippen molar-refractivity contribution < 1.29 is 4.52 Å². The van der Waals surface area contributed by atoms with E-state index in [0.29, 0.717) is 10.9 Å². The number of halogens is 1. The van der Waals surface area contributed by atoms with Gasteiger partial charge in [-0.1, -0.05) is 42.4 Å². The number of imidazole rings is 1. The Hall–Kier alpha value is -1.53. The summed E-state index contributed by atoms with van der Waals surface area (Å²) in [6, 6.07) is 5.59. The predicted molar refractivity (Wildman–Crippen MR) is 83.8 cm³/mol. The molecule has 110 valence electrons. The van der Waals surface area contributed by atoms with Crippen LogP contribution < -0.4 is 0 Å². The number of rotatable bonds is 4. The Bertz CT molecular complexity index is 767. The highest BCUT2D eigenvalue weighted by molar-refractivity contribution is 7.99. The Morgan fingerprint density at radius 3 is 2.76 bits per heavy atom. The summed E-state index contributed by atoms with van der Waals surface area (Å²) in [6.07, 6.45) is 0. The van der Waals surface area contributed by atoms with Gasteiger partial charge in [0, 0.05) is 10.9 Å². The maximum absolute atomic E-state index is 5.97. The van der Waals surface area contributed by atoms with Gasteiger partial charge < -0.3 is 9.51 Å². The van der Waals surface area contributed by atoms with Crippen molar-refractivity contribution in [3.8, 4) is 0 Å². The molecule has 0 saturated carbocycles. The molecule has 0 spiro atoms. The number of hydrogen-bond donors (Lipinski definition) is 1. The molecule has 0 amide bonds. The van der Waals surface area contributed by atoms with Crippen molar-refractivity contribution in [2.45, 2.75) is 37.1 Å². The van der Waals surface area contributed by atoms with E-state index in [1.54, 1.807) is 11.8 Å². The molecule has 0 aliphatic heterocycles. The second-order valence-corrected chi connectivity index (χ2v) is 6.87. The van der Waals surface area contributed by atoms with Crippen LogP contribution in [0, 0.1) is 0 Å². The van der Waals surface area contributed by atoms with Gasteiger partial charge in [0.2, 0.25) is 5.89 Å². The molecule has 5 nitrogen and oxygen atoms in total. The van der Waals surface area contributed by atoms with E-state index in [-0.39, 0.29) is 11.2 Å². The van der Waals surface area contributed by atoms with Crippen LogP contribution >= 0.6 is 23.4 Å². The minimum absolute atomic E-state index is 0.0287. The van der Waals surface area contributed by atoms with Crippen LogP contribution in [0.25, 0.3) is 11.0 Å². The summed E-state index contributed by atoms with van der Waals surface area (Å²) in [5.74, 6) is 1.60. The van der Waals surface area contributed by atoms with Gasteiger partial charge in [-0.2, -0.15) is 4.98 Å². The first-order valence-corrected chi connectivity index (χ1v) is 7.94. The van der Waals surface area contributed by atoms with Gasteiger partial charge in [-0.05, 0) is 25.1 Å². The first-order chi connectivity index (χ1) is 10.0. The Labute approximate surface area is 131 Å². The minimum Gasteiger partial charge on any atom is -0.338 e. The first-order valence-electron chi connectivity index (χ1n) is 6.68. The van der Waals surface area contributed by atoms with Crippen molar-refractivity contribution >= 4 is 34.4 Å². The molecule has 0 aliphatic carbocycles. The van der Waals surface area contributed by atoms with E-state index in [0.717, 1.165) is 22.0 Å². The van der Waals surface area contributed by atoms with Crippen molar-refractivity contribution in [1.82, 2.24) is 20.1 Å². The molecule has 1 aromatic carbocycles. The molecule has 0 fully saturated rings. The van der Waals surface area contributed by atoms with Crippen molar-refractivity contribution in [1.29, 1.82) is 0 Å².